The third kappa shape index (κ3) is 2.41. The summed E-state index contributed by atoms with van der Waals surface area (Å²) < 4.78 is 8.18. The molecular formula is C15H12BrClN2O. The summed E-state index contributed by atoms with van der Waals surface area (Å²) in [6.45, 7) is 2.63. The lowest BCUT2D eigenvalue weighted by Crippen LogP contribution is -1.91. The molecule has 0 radical (unpaired) electrons. The Morgan fingerprint density at radius 2 is 1.95 bits per heavy atom. The van der Waals surface area contributed by atoms with E-state index in [1.54, 1.807) is 10.7 Å². The molecule has 0 fully saturated rings. The predicted octanol–water partition coefficient (Wildman–Crippen LogP) is 4.82. The van der Waals surface area contributed by atoms with Gasteiger partial charge in [-0.05, 0) is 59.3 Å². The van der Waals surface area contributed by atoms with Crippen LogP contribution in [0.3, 0.4) is 0 Å². The first-order valence-electron chi connectivity index (χ1n) is 6.25. The Balaban J connectivity index is 2.07. The van der Waals surface area contributed by atoms with Crippen molar-refractivity contribution >= 4 is 33.0 Å². The topological polar surface area (TPSA) is 26.5 Å². The van der Waals surface area contributed by atoms with E-state index in [0.717, 1.165) is 27.0 Å². The molecule has 0 bridgehead atoms. The molecule has 3 aromatic rings. The number of pyridine rings is 1. The lowest BCUT2D eigenvalue weighted by atomic mass is 10.1. The second-order valence-corrected chi connectivity index (χ2v) is 5.53. The number of rotatable bonds is 3. The highest BCUT2D eigenvalue weighted by Crippen LogP contribution is 2.32. The van der Waals surface area contributed by atoms with E-state index in [4.69, 9.17) is 16.3 Å². The van der Waals surface area contributed by atoms with E-state index < -0.39 is 0 Å². The second-order valence-electron chi connectivity index (χ2n) is 4.30. The molecule has 5 heteroatoms. The minimum absolute atomic E-state index is 0.658. The molecule has 0 aliphatic carbocycles. The van der Waals surface area contributed by atoms with Gasteiger partial charge in [0.15, 0.2) is 0 Å². The average Bonchev–Trinajstić information content (AvgIpc) is 2.77. The minimum atomic E-state index is 0.658. The van der Waals surface area contributed by atoms with Gasteiger partial charge in [-0.15, -0.1) is 0 Å². The highest BCUT2D eigenvalue weighted by Gasteiger charge is 2.12. The van der Waals surface area contributed by atoms with Crippen LogP contribution < -0.4 is 4.74 Å². The summed E-state index contributed by atoms with van der Waals surface area (Å²) in [6, 6.07) is 11.7. The van der Waals surface area contributed by atoms with Crippen LogP contribution in [0.2, 0.25) is 5.02 Å². The van der Waals surface area contributed by atoms with Crippen molar-refractivity contribution in [3.63, 3.8) is 0 Å². The smallest absolute Gasteiger partial charge is 0.119 e. The number of nitrogens with zero attached hydrogens (tertiary/aromatic N) is 2. The van der Waals surface area contributed by atoms with Crippen LogP contribution in [0.4, 0.5) is 0 Å². The van der Waals surface area contributed by atoms with Crippen LogP contribution >= 0.6 is 27.5 Å². The molecule has 0 atom stereocenters. The molecule has 2 aromatic heterocycles. The monoisotopic (exact) mass is 350 g/mol. The average molecular weight is 352 g/mol. The normalized spacial score (nSPS) is 10.9. The number of fused-ring (bicyclic) bond motifs is 1. The molecule has 0 aliphatic rings. The van der Waals surface area contributed by atoms with Gasteiger partial charge in [-0.1, -0.05) is 11.6 Å². The maximum atomic E-state index is 5.99. The lowest BCUT2D eigenvalue weighted by Gasteiger charge is -2.03. The van der Waals surface area contributed by atoms with Crippen LogP contribution in [-0.2, 0) is 0 Å². The number of aromatic nitrogens is 2. The van der Waals surface area contributed by atoms with Crippen LogP contribution in [0.25, 0.3) is 16.8 Å². The van der Waals surface area contributed by atoms with Crippen molar-refractivity contribution in [1.29, 1.82) is 0 Å². The zero-order valence-electron chi connectivity index (χ0n) is 10.8. The molecule has 3 rings (SSSR count). The molecule has 20 heavy (non-hydrogen) atoms. The van der Waals surface area contributed by atoms with Crippen LogP contribution in [0.15, 0.2) is 47.1 Å². The predicted molar refractivity (Wildman–Crippen MR) is 84.5 cm³/mol. The van der Waals surface area contributed by atoms with E-state index in [1.165, 1.54) is 0 Å². The standard InChI is InChI=1S/C15H12BrClN2O/c1-2-20-12-6-3-10(4-7-12)15-14(16)13-8-5-11(17)9-19(13)18-15/h3-9H,2H2,1H3. The summed E-state index contributed by atoms with van der Waals surface area (Å²) in [4.78, 5) is 0. The van der Waals surface area contributed by atoms with E-state index in [2.05, 4.69) is 21.0 Å². The van der Waals surface area contributed by atoms with Gasteiger partial charge in [-0.25, -0.2) is 4.52 Å². The second kappa shape index (κ2) is 5.46. The molecule has 102 valence electrons. The quantitative estimate of drug-likeness (QED) is 0.676. The summed E-state index contributed by atoms with van der Waals surface area (Å²) in [7, 11) is 0. The van der Waals surface area contributed by atoms with Crippen LogP contribution in [0.5, 0.6) is 5.75 Å². The largest absolute Gasteiger partial charge is 0.494 e. The molecule has 3 nitrogen and oxygen atoms in total. The molecular weight excluding hydrogens is 340 g/mol. The SMILES string of the molecule is CCOc1ccc(-c2nn3cc(Cl)ccc3c2Br)cc1. The van der Waals surface area contributed by atoms with Crippen LogP contribution in [-0.4, -0.2) is 16.2 Å². The molecule has 0 spiro atoms. The van der Waals surface area contributed by atoms with Crippen molar-refractivity contribution in [3.05, 3.63) is 52.1 Å². The Bertz CT molecular complexity index is 752. The van der Waals surface area contributed by atoms with E-state index >= 15 is 0 Å². The van der Waals surface area contributed by atoms with Crippen molar-refractivity contribution in [2.24, 2.45) is 0 Å². The van der Waals surface area contributed by atoms with Gasteiger partial charge in [0.05, 0.1) is 21.6 Å². The number of benzene rings is 1. The Morgan fingerprint density at radius 3 is 2.65 bits per heavy atom. The van der Waals surface area contributed by atoms with Gasteiger partial charge >= 0.3 is 0 Å². The summed E-state index contributed by atoms with van der Waals surface area (Å²) in [5.41, 5.74) is 2.90. The van der Waals surface area contributed by atoms with Gasteiger partial charge in [-0.2, -0.15) is 5.10 Å². The molecule has 0 aliphatic heterocycles. The van der Waals surface area contributed by atoms with Crippen molar-refractivity contribution in [2.75, 3.05) is 6.61 Å². The molecule has 0 unspecified atom stereocenters. The Morgan fingerprint density at radius 1 is 1.20 bits per heavy atom. The van der Waals surface area contributed by atoms with Crippen molar-refractivity contribution in [2.45, 2.75) is 6.92 Å². The fourth-order valence-corrected chi connectivity index (χ4v) is 2.83. The lowest BCUT2D eigenvalue weighted by molar-refractivity contribution is 0.340. The van der Waals surface area contributed by atoms with Crippen molar-refractivity contribution < 1.29 is 4.74 Å². The fraction of sp³-hybridized carbons (Fsp3) is 0.133. The Labute approximate surface area is 130 Å². The van der Waals surface area contributed by atoms with Gasteiger partial charge < -0.3 is 4.74 Å². The third-order valence-electron chi connectivity index (χ3n) is 2.97. The number of halogens is 2. The fourth-order valence-electron chi connectivity index (χ4n) is 2.05. The van der Waals surface area contributed by atoms with Crippen molar-refractivity contribution in [3.8, 4) is 17.0 Å². The van der Waals surface area contributed by atoms with E-state index in [0.29, 0.717) is 11.6 Å². The highest BCUT2D eigenvalue weighted by molar-refractivity contribution is 9.10. The van der Waals surface area contributed by atoms with Gasteiger partial charge in [0.25, 0.3) is 0 Å². The van der Waals surface area contributed by atoms with Gasteiger partial charge in [0.1, 0.15) is 11.4 Å². The first-order chi connectivity index (χ1) is 9.69. The first-order valence-corrected chi connectivity index (χ1v) is 7.42. The highest BCUT2D eigenvalue weighted by atomic mass is 79.9. The van der Waals surface area contributed by atoms with Crippen LogP contribution in [0, 0.1) is 0 Å². The minimum Gasteiger partial charge on any atom is -0.494 e. The van der Waals surface area contributed by atoms with Crippen LogP contribution in [0.1, 0.15) is 6.92 Å². The maximum Gasteiger partial charge on any atom is 0.119 e. The number of hydrogen-bond donors (Lipinski definition) is 0. The van der Waals surface area contributed by atoms with Crippen molar-refractivity contribution in [1.82, 2.24) is 9.61 Å². The molecule has 0 saturated carbocycles. The maximum absolute atomic E-state index is 5.99. The van der Waals surface area contributed by atoms with Gasteiger partial charge in [0, 0.05) is 11.8 Å². The first kappa shape index (κ1) is 13.5. The molecule has 1 aromatic carbocycles. The summed E-state index contributed by atoms with van der Waals surface area (Å²) in [5, 5.41) is 5.22. The Hall–Kier alpha value is -1.52. The summed E-state index contributed by atoms with van der Waals surface area (Å²) in [6.07, 6.45) is 1.79. The summed E-state index contributed by atoms with van der Waals surface area (Å²) in [5.74, 6) is 0.860. The zero-order chi connectivity index (χ0) is 14.1. The van der Waals surface area contributed by atoms with E-state index in [9.17, 15) is 0 Å². The summed E-state index contributed by atoms with van der Waals surface area (Å²) >= 11 is 9.59. The molecule has 0 saturated heterocycles. The molecule has 2 heterocycles. The van der Waals surface area contributed by atoms with E-state index in [1.807, 2.05) is 43.3 Å². The molecule has 0 N–H and O–H groups in total. The number of ether oxygens (including phenoxy) is 1. The third-order valence-corrected chi connectivity index (χ3v) is 3.98. The zero-order valence-corrected chi connectivity index (χ0v) is 13.1. The van der Waals surface area contributed by atoms with E-state index in [-0.39, 0.29) is 0 Å². The van der Waals surface area contributed by atoms with Gasteiger partial charge in [0.2, 0.25) is 0 Å². The molecule has 0 amide bonds. The number of hydrogen-bond acceptors (Lipinski definition) is 2. The van der Waals surface area contributed by atoms with Gasteiger partial charge in [-0.3, -0.25) is 0 Å². The Kier molecular flexibility index (Phi) is 3.68.